The number of halogens is 1. The van der Waals surface area contributed by atoms with E-state index in [1.54, 1.807) is 0 Å². The number of nitrogens with zero attached hydrogens (tertiary/aromatic N) is 1. The molecule has 1 aromatic heterocycles. The fourth-order valence-corrected chi connectivity index (χ4v) is 1.45. The highest BCUT2D eigenvalue weighted by atomic mass is 79.9. The Balaban J connectivity index is 2.92. The first kappa shape index (κ1) is 12.5. The van der Waals surface area contributed by atoms with Gasteiger partial charge in [0.1, 0.15) is 0 Å². The first-order chi connectivity index (χ1) is 6.95. The van der Waals surface area contributed by atoms with Gasteiger partial charge in [0.05, 0.1) is 11.8 Å². The van der Waals surface area contributed by atoms with Crippen molar-refractivity contribution in [2.24, 2.45) is 0 Å². The summed E-state index contributed by atoms with van der Waals surface area (Å²) in [5.74, 6) is 0.705. The lowest BCUT2D eigenvalue weighted by Gasteiger charge is -2.21. The third-order valence-corrected chi connectivity index (χ3v) is 3.51. The molecule has 84 valence electrons. The van der Waals surface area contributed by atoms with Gasteiger partial charge in [-0.15, -0.1) is 0 Å². The molecule has 0 bridgehead atoms. The van der Waals surface area contributed by atoms with Gasteiger partial charge in [-0.1, -0.05) is 35.8 Å². The summed E-state index contributed by atoms with van der Waals surface area (Å²) in [7, 11) is 0. The molecule has 2 nitrogen and oxygen atoms in total. The van der Waals surface area contributed by atoms with E-state index < -0.39 is 0 Å². The molecule has 1 rings (SSSR count). The zero-order valence-electron chi connectivity index (χ0n) is 9.75. The minimum Gasteiger partial charge on any atom is -0.475 e. The van der Waals surface area contributed by atoms with E-state index in [2.05, 4.69) is 34.8 Å². The van der Waals surface area contributed by atoms with Crippen molar-refractivity contribution in [1.29, 1.82) is 0 Å². The van der Waals surface area contributed by atoms with E-state index in [0.717, 1.165) is 11.0 Å². The second kappa shape index (κ2) is 4.97. The SMILES string of the molecule is CC(C)Oc1cccc(C(C)(C)CBr)n1. The molecule has 0 fully saturated rings. The van der Waals surface area contributed by atoms with Gasteiger partial charge >= 0.3 is 0 Å². The van der Waals surface area contributed by atoms with Crippen LogP contribution in [0.15, 0.2) is 18.2 Å². The number of rotatable bonds is 4. The van der Waals surface area contributed by atoms with Crippen molar-refractivity contribution in [3.05, 3.63) is 23.9 Å². The zero-order chi connectivity index (χ0) is 11.5. The van der Waals surface area contributed by atoms with Crippen LogP contribution in [0, 0.1) is 0 Å². The van der Waals surface area contributed by atoms with Crippen molar-refractivity contribution in [2.75, 3.05) is 5.33 Å². The van der Waals surface area contributed by atoms with Crippen molar-refractivity contribution in [3.8, 4) is 5.88 Å². The van der Waals surface area contributed by atoms with Gasteiger partial charge < -0.3 is 4.74 Å². The van der Waals surface area contributed by atoms with Gasteiger partial charge in [-0.3, -0.25) is 0 Å². The fraction of sp³-hybridized carbons (Fsp3) is 0.583. The summed E-state index contributed by atoms with van der Waals surface area (Å²) < 4.78 is 5.57. The number of hydrogen-bond donors (Lipinski definition) is 0. The van der Waals surface area contributed by atoms with E-state index in [1.807, 2.05) is 32.0 Å². The maximum Gasteiger partial charge on any atom is 0.213 e. The Hall–Kier alpha value is -0.570. The van der Waals surface area contributed by atoms with Crippen molar-refractivity contribution in [1.82, 2.24) is 4.98 Å². The van der Waals surface area contributed by atoms with Crippen LogP contribution in [0.25, 0.3) is 0 Å². The van der Waals surface area contributed by atoms with E-state index in [-0.39, 0.29) is 11.5 Å². The smallest absolute Gasteiger partial charge is 0.213 e. The second-order valence-electron chi connectivity index (χ2n) is 4.55. The predicted molar refractivity (Wildman–Crippen MR) is 66.8 cm³/mol. The van der Waals surface area contributed by atoms with Crippen molar-refractivity contribution in [3.63, 3.8) is 0 Å². The molecule has 3 heteroatoms. The lowest BCUT2D eigenvalue weighted by molar-refractivity contribution is 0.231. The molecule has 1 heterocycles. The molecule has 1 aromatic rings. The summed E-state index contributed by atoms with van der Waals surface area (Å²) in [6.45, 7) is 8.32. The van der Waals surface area contributed by atoms with E-state index in [0.29, 0.717) is 5.88 Å². The molecule has 0 spiro atoms. The predicted octanol–water partition coefficient (Wildman–Crippen LogP) is 3.54. The van der Waals surface area contributed by atoms with E-state index in [1.165, 1.54) is 0 Å². The van der Waals surface area contributed by atoms with E-state index >= 15 is 0 Å². The number of alkyl halides is 1. The van der Waals surface area contributed by atoms with Crippen LogP contribution in [0.1, 0.15) is 33.4 Å². The summed E-state index contributed by atoms with van der Waals surface area (Å²) in [5, 5.41) is 0.887. The van der Waals surface area contributed by atoms with Gasteiger partial charge in [0.15, 0.2) is 0 Å². The minimum absolute atomic E-state index is 0.0380. The number of ether oxygens (including phenoxy) is 1. The quantitative estimate of drug-likeness (QED) is 0.782. The van der Waals surface area contributed by atoms with Crippen LogP contribution < -0.4 is 4.74 Å². The molecule has 0 aliphatic heterocycles. The summed E-state index contributed by atoms with van der Waals surface area (Å²) in [5.41, 5.74) is 1.09. The average molecular weight is 272 g/mol. The molecule has 0 radical (unpaired) electrons. The van der Waals surface area contributed by atoms with Crippen molar-refractivity contribution < 1.29 is 4.74 Å². The summed E-state index contributed by atoms with van der Waals surface area (Å²) in [6.07, 6.45) is 0.167. The van der Waals surface area contributed by atoms with Gasteiger partial charge in [0.25, 0.3) is 0 Å². The van der Waals surface area contributed by atoms with Crippen LogP contribution in [0.4, 0.5) is 0 Å². The molecule has 0 saturated heterocycles. The zero-order valence-corrected chi connectivity index (χ0v) is 11.3. The molecular weight excluding hydrogens is 254 g/mol. The Morgan fingerprint density at radius 1 is 1.40 bits per heavy atom. The van der Waals surface area contributed by atoms with E-state index in [9.17, 15) is 0 Å². The second-order valence-corrected chi connectivity index (χ2v) is 5.11. The summed E-state index contributed by atoms with van der Waals surface area (Å²) >= 11 is 3.50. The molecule has 0 unspecified atom stereocenters. The first-order valence-corrected chi connectivity index (χ1v) is 6.28. The third kappa shape index (κ3) is 3.49. The topological polar surface area (TPSA) is 22.1 Å². The lowest BCUT2D eigenvalue weighted by Crippen LogP contribution is -2.21. The van der Waals surface area contributed by atoms with Gasteiger partial charge in [0, 0.05) is 16.8 Å². The van der Waals surface area contributed by atoms with Gasteiger partial charge in [0.2, 0.25) is 5.88 Å². The molecule has 0 saturated carbocycles. The first-order valence-electron chi connectivity index (χ1n) is 5.16. The standard InChI is InChI=1S/C12H18BrNO/c1-9(2)15-11-7-5-6-10(14-11)12(3,4)8-13/h5-7,9H,8H2,1-4H3. The third-order valence-electron chi connectivity index (χ3n) is 2.11. The molecule has 0 atom stereocenters. The maximum absolute atomic E-state index is 5.57. The highest BCUT2D eigenvalue weighted by Gasteiger charge is 2.21. The molecule has 0 aliphatic rings. The molecule has 15 heavy (non-hydrogen) atoms. The largest absolute Gasteiger partial charge is 0.475 e. The van der Waals surface area contributed by atoms with Crippen molar-refractivity contribution in [2.45, 2.75) is 39.2 Å². The van der Waals surface area contributed by atoms with Crippen LogP contribution in [-0.4, -0.2) is 16.4 Å². The van der Waals surface area contributed by atoms with Crippen LogP contribution in [0.3, 0.4) is 0 Å². The Morgan fingerprint density at radius 2 is 2.07 bits per heavy atom. The minimum atomic E-state index is 0.0380. The molecular formula is C12H18BrNO. The van der Waals surface area contributed by atoms with Crippen LogP contribution in [0.5, 0.6) is 5.88 Å². The van der Waals surface area contributed by atoms with Crippen molar-refractivity contribution >= 4 is 15.9 Å². The lowest BCUT2D eigenvalue weighted by atomic mass is 9.92. The Morgan fingerprint density at radius 3 is 2.60 bits per heavy atom. The van der Waals surface area contributed by atoms with Gasteiger partial charge in [-0.2, -0.15) is 0 Å². The number of pyridine rings is 1. The van der Waals surface area contributed by atoms with Crippen LogP contribution >= 0.6 is 15.9 Å². The monoisotopic (exact) mass is 271 g/mol. The average Bonchev–Trinajstić information content (AvgIpc) is 2.17. The normalized spacial score (nSPS) is 11.9. The molecule has 0 aromatic carbocycles. The highest BCUT2D eigenvalue weighted by Crippen LogP contribution is 2.25. The highest BCUT2D eigenvalue weighted by molar-refractivity contribution is 9.09. The summed E-state index contributed by atoms with van der Waals surface area (Å²) in [4.78, 5) is 4.50. The van der Waals surface area contributed by atoms with Crippen LogP contribution in [-0.2, 0) is 5.41 Å². The Labute approximate surface area is 100 Å². The number of hydrogen-bond acceptors (Lipinski definition) is 2. The molecule has 0 aliphatic carbocycles. The Kier molecular flexibility index (Phi) is 4.14. The molecule has 0 amide bonds. The van der Waals surface area contributed by atoms with Crippen LogP contribution in [0.2, 0.25) is 0 Å². The van der Waals surface area contributed by atoms with Gasteiger partial charge in [-0.25, -0.2) is 4.98 Å². The maximum atomic E-state index is 5.57. The Bertz CT molecular complexity index is 323. The molecule has 0 N–H and O–H groups in total. The summed E-state index contributed by atoms with van der Waals surface area (Å²) in [6, 6.07) is 5.92. The van der Waals surface area contributed by atoms with Gasteiger partial charge in [-0.05, 0) is 19.9 Å². The van der Waals surface area contributed by atoms with E-state index in [4.69, 9.17) is 4.74 Å². The number of aromatic nitrogens is 1. The fourth-order valence-electron chi connectivity index (χ4n) is 1.17.